The minimum atomic E-state index is -0.251. The third-order valence-electron chi connectivity index (χ3n) is 3.08. The fourth-order valence-corrected chi connectivity index (χ4v) is 1.93. The zero-order valence-electron chi connectivity index (χ0n) is 11.5. The molecule has 0 atom stereocenters. The van der Waals surface area contributed by atoms with E-state index in [1.165, 1.54) is 0 Å². The van der Waals surface area contributed by atoms with Gasteiger partial charge in [0.1, 0.15) is 5.82 Å². The lowest BCUT2D eigenvalue weighted by molar-refractivity contribution is -0.0914. The molecule has 1 aromatic heterocycles. The van der Waals surface area contributed by atoms with Gasteiger partial charge in [-0.1, -0.05) is 0 Å². The van der Waals surface area contributed by atoms with Crippen molar-refractivity contribution in [1.29, 1.82) is 0 Å². The van der Waals surface area contributed by atoms with Gasteiger partial charge >= 0.3 is 0 Å². The Labute approximate surface area is 113 Å². The summed E-state index contributed by atoms with van der Waals surface area (Å²) in [4.78, 5) is 6.68. The molecule has 1 N–H and O–H groups in total. The third kappa shape index (κ3) is 4.05. The Balaban J connectivity index is 1.87. The molecule has 0 spiro atoms. The summed E-state index contributed by atoms with van der Waals surface area (Å²) in [5.41, 5.74) is 0.955. The molecule has 106 valence electrons. The summed E-state index contributed by atoms with van der Waals surface area (Å²) in [5, 5.41) is 3.22. The number of morpholine rings is 1. The van der Waals surface area contributed by atoms with Gasteiger partial charge in [-0.05, 0) is 12.1 Å². The molecule has 0 bridgehead atoms. The number of pyridine rings is 1. The van der Waals surface area contributed by atoms with Crippen LogP contribution in [0.15, 0.2) is 18.3 Å². The first-order chi connectivity index (χ1) is 9.33. The van der Waals surface area contributed by atoms with E-state index in [4.69, 9.17) is 14.2 Å². The molecule has 0 saturated carbocycles. The number of aromatic nitrogens is 1. The molecule has 1 fully saturated rings. The first-order valence-corrected chi connectivity index (χ1v) is 6.41. The number of ether oxygens (including phenoxy) is 3. The largest absolute Gasteiger partial charge is 0.379 e. The van der Waals surface area contributed by atoms with Crippen LogP contribution in [0, 0.1) is 0 Å². The molecule has 1 aliphatic heterocycles. The maximum atomic E-state index is 5.32. The maximum absolute atomic E-state index is 5.32. The molecular formula is C13H21N3O3. The highest BCUT2D eigenvalue weighted by Crippen LogP contribution is 2.15. The molecule has 6 nitrogen and oxygen atoms in total. The van der Waals surface area contributed by atoms with E-state index >= 15 is 0 Å². The van der Waals surface area contributed by atoms with E-state index in [-0.39, 0.29) is 6.29 Å². The van der Waals surface area contributed by atoms with Crippen LogP contribution in [0.25, 0.3) is 0 Å². The van der Waals surface area contributed by atoms with E-state index in [1.807, 2.05) is 18.3 Å². The summed E-state index contributed by atoms with van der Waals surface area (Å²) in [6.45, 7) is 3.92. The van der Waals surface area contributed by atoms with Crippen molar-refractivity contribution >= 4 is 11.5 Å². The lowest BCUT2D eigenvalue weighted by atomic mass is 10.3. The topological polar surface area (TPSA) is 55.9 Å². The van der Waals surface area contributed by atoms with E-state index in [2.05, 4.69) is 15.2 Å². The number of methoxy groups -OCH3 is 2. The van der Waals surface area contributed by atoms with Crippen LogP contribution in [0.3, 0.4) is 0 Å². The van der Waals surface area contributed by atoms with Gasteiger partial charge < -0.3 is 24.4 Å². The summed E-state index contributed by atoms with van der Waals surface area (Å²) >= 11 is 0. The summed E-state index contributed by atoms with van der Waals surface area (Å²) in [7, 11) is 3.24. The smallest absolute Gasteiger partial charge is 0.173 e. The zero-order valence-corrected chi connectivity index (χ0v) is 11.5. The Morgan fingerprint density at radius 3 is 2.63 bits per heavy atom. The standard InChI is InChI=1S/C13H21N3O3/c1-17-13(18-2)10-14-11-3-4-12(15-9-11)16-5-7-19-8-6-16/h3-4,9,13-14H,5-8,10H2,1-2H3. The van der Waals surface area contributed by atoms with Crippen LogP contribution in [-0.2, 0) is 14.2 Å². The second-order valence-electron chi connectivity index (χ2n) is 4.29. The molecule has 0 radical (unpaired) electrons. The summed E-state index contributed by atoms with van der Waals surface area (Å²) in [6.07, 6.45) is 1.58. The normalized spacial score (nSPS) is 15.8. The number of anilines is 2. The highest BCUT2D eigenvalue weighted by molar-refractivity contribution is 5.48. The van der Waals surface area contributed by atoms with Crippen molar-refractivity contribution in [1.82, 2.24) is 4.98 Å². The Morgan fingerprint density at radius 2 is 2.05 bits per heavy atom. The molecule has 19 heavy (non-hydrogen) atoms. The van der Waals surface area contributed by atoms with Crippen molar-refractivity contribution < 1.29 is 14.2 Å². The molecular weight excluding hydrogens is 246 g/mol. The van der Waals surface area contributed by atoms with Crippen LogP contribution in [-0.4, -0.2) is 58.3 Å². The molecule has 0 aliphatic carbocycles. The molecule has 2 heterocycles. The molecule has 1 aliphatic rings. The lowest BCUT2D eigenvalue weighted by Crippen LogP contribution is -2.36. The summed E-state index contributed by atoms with van der Waals surface area (Å²) in [5.74, 6) is 0.990. The number of nitrogens with zero attached hydrogens (tertiary/aromatic N) is 2. The van der Waals surface area contributed by atoms with Crippen LogP contribution in [0.4, 0.5) is 11.5 Å². The van der Waals surface area contributed by atoms with Gasteiger partial charge in [-0.3, -0.25) is 0 Å². The van der Waals surface area contributed by atoms with E-state index in [0.717, 1.165) is 37.8 Å². The van der Waals surface area contributed by atoms with E-state index < -0.39 is 0 Å². The SMILES string of the molecule is COC(CNc1ccc(N2CCOCC2)nc1)OC. The van der Waals surface area contributed by atoms with E-state index in [1.54, 1.807) is 14.2 Å². The zero-order chi connectivity index (χ0) is 13.5. The molecule has 0 unspecified atom stereocenters. The molecule has 1 saturated heterocycles. The average molecular weight is 267 g/mol. The van der Waals surface area contributed by atoms with E-state index in [9.17, 15) is 0 Å². The van der Waals surface area contributed by atoms with Gasteiger partial charge in [0.2, 0.25) is 0 Å². The van der Waals surface area contributed by atoms with Gasteiger partial charge in [0.05, 0.1) is 31.6 Å². The lowest BCUT2D eigenvalue weighted by Gasteiger charge is -2.27. The molecule has 0 amide bonds. The number of hydrogen-bond donors (Lipinski definition) is 1. The third-order valence-corrected chi connectivity index (χ3v) is 3.08. The van der Waals surface area contributed by atoms with E-state index in [0.29, 0.717) is 6.54 Å². The first-order valence-electron chi connectivity index (χ1n) is 6.41. The molecule has 2 rings (SSSR count). The van der Waals surface area contributed by atoms with Gasteiger partial charge in [0.15, 0.2) is 6.29 Å². The van der Waals surface area contributed by atoms with Crippen molar-refractivity contribution in [2.45, 2.75) is 6.29 Å². The fraction of sp³-hybridized carbons (Fsp3) is 0.615. The minimum absolute atomic E-state index is 0.251. The van der Waals surface area contributed by atoms with Crippen LogP contribution < -0.4 is 10.2 Å². The van der Waals surface area contributed by atoms with Gasteiger partial charge in [-0.25, -0.2) is 4.98 Å². The summed E-state index contributed by atoms with van der Waals surface area (Å²) < 4.78 is 15.6. The summed E-state index contributed by atoms with van der Waals surface area (Å²) in [6, 6.07) is 4.03. The van der Waals surface area contributed by atoms with Crippen molar-refractivity contribution in [3.63, 3.8) is 0 Å². The fourth-order valence-electron chi connectivity index (χ4n) is 1.93. The van der Waals surface area contributed by atoms with Crippen LogP contribution in [0.1, 0.15) is 0 Å². The van der Waals surface area contributed by atoms with Gasteiger partial charge in [-0.15, -0.1) is 0 Å². The molecule has 1 aromatic rings. The van der Waals surface area contributed by atoms with Crippen molar-refractivity contribution in [2.75, 3.05) is 57.3 Å². The Bertz CT molecular complexity index is 362. The molecule has 6 heteroatoms. The number of nitrogens with one attached hydrogen (secondary N) is 1. The van der Waals surface area contributed by atoms with Crippen LogP contribution in [0.5, 0.6) is 0 Å². The van der Waals surface area contributed by atoms with Crippen molar-refractivity contribution in [2.24, 2.45) is 0 Å². The van der Waals surface area contributed by atoms with Crippen molar-refractivity contribution in [3.8, 4) is 0 Å². The first kappa shape index (κ1) is 14.0. The monoisotopic (exact) mass is 267 g/mol. The van der Waals surface area contributed by atoms with Gasteiger partial charge in [0.25, 0.3) is 0 Å². The maximum Gasteiger partial charge on any atom is 0.173 e. The molecule has 0 aromatic carbocycles. The number of hydrogen-bond acceptors (Lipinski definition) is 6. The van der Waals surface area contributed by atoms with Gasteiger partial charge in [-0.2, -0.15) is 0 Å². The highest BCUT2D eigenvalue weighted by Gasteiger charge is 2.12. The quantitative estimate of drug-likeness (QED) is 0.774. The Morgan fingerprint density at radius 1 is 1.32 bits per heavy atom. The predicted octanol–water partition coefficient (Wildman–Crippen LogP) is 0.949. The average Bonchev–Trinajstić information content (AvgIpc) is 2.50. The Kier molecular flexibility index (Phi) is 5.38. The van der Waals surface area contributed by atoms with Crippen LogP contribution in [0.2, 0.25) is 0 Å². The second-order valence-corrected chi connectivity index (χ2v) is 4.29. The predicted molar refractivity (Wildman–Crippen MR) is 73.6 cm³/mol. The highest BCUT2D eigenvalue weighted by atomic mass is 16.7. The minimum Gasteiger partial charge on any atom is -0.379 e. The van der Waals surface area contributed by atoms with Crippen molar-refractivity contribution in [3.05, 3.63) is 18.3 Å². The van der Waals surface area contributed by atoms with Crippen LogP contribution >= 0.6 is 0 Å². The number of rotatable bonds is 6. The Hall–Kier alpha value is -1.37. The second kappa shape index (κ2) is 7.28. The van der Waals surface area contributed by atoms with Gasteiger partial charge in [0, 0.05) is 27.3 Å².